The van der Waals surface area contributed by atoms with Gasteiger partial charge in [-0.3, -0.25) is 4.79 Å². The van der Waals surface area contributed by atoms with E-state index in [-0.39, 0.29) is 18.1 Å². The van der Waals surface area contributed by atoms with E-state index in [0.717, 1.165) is 4.47 Å². The van der Waals surface area contributed by atoms with Gasteiger partial charge < -0.3 is 18.9 Å². The van der Waals surface area contributed by atoms with Crippen LogP contribution in [-0.2, 0) is 9.53 Å². The highest BCUT2D eigenvalue weighted by atomic mass is 79.9. The molecule has 0 atom stereocenters. The molecule has 0 saturated carbocycles. The zero-order valence-electron chi connectivity index (χ0n) is 14.1. The molecule has 1 heterocycles. The Morgan fingerprint density at radius 3 is 2.73 bits per heavy atom. The summed E-state index contributed by atoms with van der Waals surface area (Å²) >= 11 is 3.40. The number of ketones is 1. The highest BCUT2D eigenvalue weighted by Gasteiger charge is 2.28. The zero-order valence-corrected chi connectivity index (χ0v) is 15.7. The molecule has 1 aliphatic heterocycles. The molecule has 2 aromatic carbocycles. The van der Waals surface area contributed by atoms with E-state index in [0.29, 0.717) is 28.4 Å². The van der Waals surface area contributed by atoms with Gasteiger partial charge in [0.05, 0.1) is 19.8 Å². The average molecular weight is 419 g/mol. The summed E-state index contributed by atoms with van der Waals surface area (Å²) in [6.07, 6.45) is 1.63. The van der Waals surface area contributed by atoms with Crippen LogP contribution in [0.3, 0.4) is 0 Å². The third-order valence-electron chi connectivity index (χ3n) is 3.70. The number of carbonyl (C=O) groups excluding carboxylic acids is 2. The Bertz CT molecular complexity index is 903. The summed E-state index contributed by atoms with van der Waals surface area (Å²) in [6, 6.07) is 10.2. The number of hydrogen-bond donors (Lipinski definition) is 0. The van der Waals surface area contributed by atoms with E-state index in [1.807, 2.05) is 12.1 Å². The lowest BCUT2D eigenvalue weighted by molar-refractivity contribution is -0.142. The van der Waals surface area contributed by atoms with Crippen LogP contribution in [0.25, 0.3) is 6.08 Å². The second-order valence-electron chi connectivity index (χ2n) is 5.35. The molecule has 0 aromatic heterocycles. The van der Waals surface area contributed by atoms with E-state index in [1.54, 1.807) is 37.5 Å². The van der Waals surface area contributed by atoms with Crippen molar-refractivity contribution in [1.29, 1.82) is 0 Å². The number of hydrogen-bond acceptors (Lipinski definition) is 6. The quantitative estimate of drug-likeness (QED) is 0.545. The fourth-order valence-electron chi connectivity index (χ4n) is 2.42. The molecule has 6 nitrogen and oxygen atoms in total. The first-order valence-corrected chi connectivity index (χ1v) is 8.42. The lowest BCUT2D eigenvalue weighted by Crippen LogP contribution is -2.12. The molecule has 0 fully saturated rings. The Morgan fingerprint density at radius 1 is 1.19 bits per heavy atom. The van der Waals surface area contributed by atoms with Crippen LogP contribution in [0, 0.1) is 0 Å². The van der Waals surface area contributed by atoms with E-state index in [1.165, 1.54) is 7.11 Å². The molecule has 2 aromatic rings. The number of carbonyl (C=O) groups is 2. The van der Waals surface area contributed by atoms with Gasteiger partial charge in [0, 0.05) is 16.1 Å². The van der Waals surface area contributed by atoms with Crippen LogP contribution in [0.5, 0.6) is 17.2 Å². The van der Waals surface area contributed by atoms with Gasteiger partial charge in [-0.25, -0.2) is 4.79 Å². The van der Waals surface area contributed by atoms with Crippen LogP contribution in [0.15, 0.2) is 46.6 Å². The van der Waals surface area contributed by atoms with Crippen LogP contribution >= 0.6 is 15.9 Å². The number of esters is 1. The van der Waals surface area contributed by atoms with Gasteiger partial charge in [-0.2, -0.15) is 0 Å². The number of rotatable bonds is 5. The van der Waals surface area contributed by atoms with Crippen molar-refractivity contribution in [2.75, 3.05) is 20.8 Å². The lowest BCUT2D eigenvalue weighted by atomic mass is 10.1. The summed E-state index contributed by atoms with van der Waals surface area (Å²) in [5.74, 6) is 0.851. The molecular weight excluding hydrogens is 404 g/mol. The normalized spacial score (nSPS) is 14.0. The van der Waals surface area contributed by atoms with E-state index in [2.05, 4.69) is 20.7 Å². The number of halogens is 1. The standard InChI is InChI=1S/C19H15BrO6/c1-23-15-6-3-12(20)7-11(15)8-17-19(22)14-5-4-13(9-16(14)26-17)25-10-18(21)24-2/h3-9H,10H2,1-2H3. The van der Waals surface area contributed by atoms with E-state index >= 15 is 0 Å². The van der Waals surface area contributed by atoms with Crippen LogP contribution in [0.2, 0.25) is 0 Å². The Balaban J connectivity index is 1.85. The van der Waals surface area contributed by atoms with Crippen molar-refractivity contribution in [1.82, 2.24) is 0 Å². The maximum absolute atomic E-state index is 12.5. The van der Waals surface area contributed by atoms with Gasteiger partial charge in [-0.05, 0) is 36.4 Å². The van der Waals surface area contributed by atoms with Gasteiger partial charge in [-0.1, -0.05) is 15.9 Å². The number of Topliss-reactive ketones (excluding diaryl/α,β-unsaturated/α-hetero) is 1. The molecule has 0 aliphatic carbocycles. The summed E-state index contributed by atoms with van der Waals surface area (Å²) in [4.78, 5) is 23.7. The summed E-state index contributed by atoms with van der Waals surface area (Å²) < 4.78 is 21.7. The Morgan fingerprint density at radius 2 is 2.00 bits per heavy atom. The smallest absolute Gasteiger partial charge is 0.343 e. The molecule has 0 spiro atoms. The summed E-state index contributed by atoms with van der Waals surface area (Å²) in [6.45, 7) is -0.221. The van der Waals surface area contributed by atoms with Crippen LogP contribution < -0.4 is 14.2 Å². The zero-order chi connectivity index (χ0) is 18.7. The fraction of sp³-hybridized carbons (Fsp3) is 0.158. The van der Waals surface area contributed by atoms with Crippen LogP contribution in [0.4, 0.5) is 0 Å². The van der Waals surface area contributed by atoms with Crippen molar-refractivity contribution in [3.8, 4) is 17.2 Å². The molecule has 134 valence electrons. The van der Waals surface area contributed by atoms with Gasteiger partial charge in [0.15, 0.2) is 12.4 Å². The van der Waals surface area contributed by atoms with Gasteiger partial charge in [0.1, 0.15) is 17.2 Å². The SMILES string of the molecule is COC(=O)COc1ccc2c(c1)OC(=Cc1cc(Br)ccc1OC)C2=O. The monoisotopic (exact) mass is 418 g/mol. The minimum Gasteiger partial charge on any atom is -0.496 e. The highest BCUT2D eigenvalue weighted by Crippen LogP contribution is 2.36. The molecule has 0 saturated heterocycles. The summed E-state index contributed by atoms with van der Waals surface area (Å²) in [7, 11) is 2.84. The summed E-state index contributed by atoms with van der Waals surface area (Å²) in [5.41, 5.74) is 1.14. The van der Waals surface area contributed by atoms with Crippen molar-refractivity contribution < 1.29 is 28.5 Å². The van der Waals surface area contributed by atoms with E-state index in [9.17, 15) is 9.59 Å². The molecule has 3 rings (SSSR count). The van der Waals surface area contributed by atoms with Gasteiger partial charge in [-0.15, -0.1) is 0 Å². The van der Waals surface area contributed by atoms with E-state index in [4.69, 9.17) is 14.2 Å². The van der Waals surface area contributed by atoms with Gasteiger partial charge in [0.2, 0.25) is 5.78 Å². The number of allylic oxidation sites excluding steroid dienone is 1. The highest BCUT2D eigenvalue weighted by molar-refractivity contribution is 9.10. The summed E-state index contributed by atoms with van der Waals surface area (Å²) in [5, 5.41) is 0. The number of methoxy groups -OCH3 is 2. The van der Waals surface area contributed by atoms with Crippen LogP contribution in [-0.4, -0.2) is 32.6 Å². The lowest BCUT2D eigenvalue weighted by Gasteiger charge is -2.06. The second-order valence-corrected chi connectivity index (χ2v) is 6.26. The Kier molecular flexibility index (Phi) is 5.27. The van der Waals surface area contributed by atoms with Crippen molar-refractivity contribution in [2.24, 2.45) is 0 Å². The predicted octanol–water partition coefficient (Wildman–Crippen LogP) is 3.63. The van der Waals surface area contributed by atoms with Crippen LogP contribution in [0.1, 0.15) is 15.9 Å². The maximum Gasteiger partial charge on any atom is 0.343 e. The molecule has 0 unspecified atom stereocenters. The largest absolute Gasteiger partial charge is 0.496 e. The van der Waals surface area contributed by atoms with Gasteiger partial charge in [0.25, 0.3) is 0 Å². The third kappa shape index (κ3) is 3.72. The minimum atomic E-state index is -0.496. The third-order valence-corrected chi connectivity index (χ3v) is 4.20. The van der Waals surface area contributed by atoms with E-state index < -0.39 is 5.97 Å². The molecular formula is C19H15BrO6. The first-order chi connectivity index (χ1) is 12.5. The molecule has 0 N–H and O–H groups in total. The molecule has 0 amide bonds. The Hall–Kier alpha value is -2.80. The topological polar surface area (TPSA) is 71.1 Å². The maximum atomic E-state index is 12.5. The van der Waals surface area contributed by atoms with Crippen molar-refractivity contribution in [3.05, 3.63) is 57.8 Å². The molecule has 26 heavy (non-hydrogen) atoms. The molecule has 1 aliphatic rings. The number of benzene rings is 2. The number of fused-ring (bicyclic) bond motifs is 1. The average Bonchev–Trinajstić information content (AvgIpc) is 2.95. The second kappa shape index (κ2) is 7.61. The Labute approximate surface area is 158 Å². The number of ether oxygens (including phenoxy) is 4. The van der Waals surface area contributed by atoms with Gasteiger partial charge >= 0.3 is 5.97 Å². The molecule has 0 bridgehead atoms. The molecule has 7 heteroatoms. The molecule has 0 radical (unpaired) electrons. The van der Waals surface area contributed by atoms with Crippen molar-refractivity contribution in [2.45, 2.75) is 0 Å². The minimum absolute atomic E-state index is 0.182. The first kappa shape index (κ1) is 18.0. The predicted molar refractivity (Wildman–Crippen MR) is 97.6 cm³/mol. The van der Waals surface area contributed by atoms with Crippen molar-refractivity contribution in [3.63, 3.8) is 0 Å². The first-order valence-electron chi connectivity index (χ1n) is 7.63. The fourth-order valence-corrected chi connectivity index (χ4v) is 2.80. The van der Waals surface area contributed by atoms with Crippen molar-refractivity contribution >= 4 is 33.8 Å².